The van der Waals surface area contributed by atoms with Gasteiger partial charge in [-0.15, -0.1) is 16.6 Å². The number of nitrogens with zero attached hydrogens (tertiary/aromatic N) is 4. The summed E-state index contributed by atoms with van der Waals surface area (Å²) in [4.78, 5) is 16.0. The average Bonchev–Trinajstić information content (AvgIpc) is 3.93. The number of hydrogen-bond acceptors (Lipinski definition) is 10. The number of nitrogens with one attached hydrogen (secondary N) is 1. The molecule has 2 saturated carbocycles. The molecule has 3 aromatic rings. The topological polar surface area (TPSA) is 118 Å². The lowest BCUT2D eigenvalue weighted by atomic mass is 9.81. The van der Waals surface area contributed by atoms with Gasteiger partial charge in [-0.3, -0.25) is 9.69 Å². The Morgan fingerprint density at radius 1 is 0.833 bits per heavy atom. The minimum atomic E-state index is -2.66. The number of benzene rings is 2. The van der Waals surface area contributed by atoms with Gasteiger partial charge in [0.05, 0.1) is 58.3 Å². The van der Waals surface area contributed by atoms with Crippen LogP contribution in [0, 0.1) is 25.2 Å². The Morgan fingerprint density at radius 3 is 2.17 bits per heavy atom. The Hall–Kier alpha value is -4.13. The van der Waals surface area contributed by atoms with E-state index in [9.17, 15) is 13.6 Å². The second-order valence-corrected chi connectivity index (χ2v) is 16.5. The van der Waals surface area contributed by atoms with E-state index in [-0.39, 0.29) is 55.6 Å². The summed E-state index contributed by atoms with van der Waals surface area (Å²) in [6.07, 6.45) is 11.1. The molecule has 2 aliphatic carbocycles. The minimum Gasteiger partial charge on any atom is -0.491 e. The van der Waals surface area contributed by atoms with E-state index in [0.717, 1.165) is 73.8 Å². The lowest BCUT2D eigenvalue weighted by Crippen LogP contribution is -2.40. The van der Waals surface area contributed by atoms with E-state index in [2.05, 4.69) is 44.9 Å². The van der Waals surface area contributed by atoms with Crippen LogP contribution in [0.25, 0.3) is 0 Å². The molecule has 326 valence electrons. The van der Waals surface area contributed by atoms with Crippen LogP contribution < -0.4 is 14.8 Å². The number of aryl methyl sites for hydroxylation is 1. The standard InChI is InChI=1S/C46H61F2N5O7/c1-3-21-55-22-23-56-24-25-57-26-27-58-28-29-59-38-10-12-39(13-11-38)60-40-30-36(31-40)44-51-50-33(2)53(44)43-32-37-9-14-42(43)52(37)20-17-41(34-7-5-4-6-8-34)49-45(54)35-15-18-46(47,48)19-16-35/h1,4-8,10-13,35-37,40-43H,9,14-32H2,2H3,(H,49,54)/t36?,37?,40?,41-,42?,43?/m0/s1. The van der Waals surface area contributed by atoms with Gasteiger partial charge in [0.2, 0.25) is 11.8 Å². The van der Waals surface area contributed by atoms with E-state index in [1.165, 1.54) is 0 Å². The predicted octanol–water partition coefficient (Wildman–Crippen LogP) is 6.84. The molecule has 60 heavy (non-hydrogen) atoms. The van der Waals surface area contributed by atoms with Gasteiger partial charge in [0.25, 0.3) is 0 Å². The molecule has 4 aliphatic rings. The summed E-state index contributed by atoms with van der Waals surface area (Å²) >= 11 is 0. The Morgan fingerprint density at radius 2 is 1.48 bits per heavy atom. The average molecular weight is 834 g/mol. The number of amides is 1. The summed E-state index contributed by atoms with van der Waals surface area (Å²) in [6.45, 7) is 7.03. The fourth-order valence-corrected chi connectivity index (χ4v) is 9.33. The third-order valence-corrected chi connectivity index (χ3v) is 12.5. The van der Waals surface area contributed by atoms with Gasteiger partial charge in [0.1, 0.15) is 42.5 Å². The van der Waals surface area contributed by atoms with Crippen molar-refractivity contribution in [3.05, 3.63) is 71.8 Å². The van der Waals surface area contributed by atoms with E-state index in [1.54, 1.807) is 0 Å². The van der Waals surface area contributed by atoms with E-state index in [1.807, 2.05) is 42.5 Å². The van der Waals surface area contributed by atoms with E-state index in [4.69, 9.17) is 39.9 Å². The number of rotatable bonds is 24. The molecule has 12 nitrogen and oxygen atoms in total. The van der Waals surface area contributed by atoms with Crippen molar-refractivity contribution in [1.82, 2.24) is 25.0 Å². The summed E-state index contributed by atoms with van der Waals surface area (Å²) in [5.41, 5.74) is 1.05. The van der Waals surface area contributed by atoms with E-state index < -0.39 is 5.92 Å². The first-order valence-corrected chi connectivity index (χ1v) is 21.8. The van der Waals surface area contributed by atoms with Gasteiger partial charge in [-0.05, 0) is 88.1 Å². The summed E-state index contributed by atoms with van der Waals surface area (Å²) in [5.74, 6) is 3.16. The molecular weight excluding hydrogens is 773 g/mol. The van der Waals surface area contributed by atoms with E-state index in [0.29, 0.717) is 77.6 Å². The summed E-state index contributed by atoms with van der Waals surface area (Å²) < 4.78 is 63.9. The molecule has 7 rings (SSSR count). The Bertz CT molecular complexity index is 1810. The van der Waals surface area contributed by atoms with Crippen molar-refractivity contribution in [2.24, 2.45) is 5.92 Å². The fraction of sp³-hybridized carbons (Fsp3) is 0.630. The SMILES string of the molecule is C#CCOCCOCCOCCOCCOc1ccc(OC2CC(c3nnc(C)n3C3CC4CCC3N4CC[C@H](NC(=O)C3CCC(F)(F)CC3)c3ccccc3)C2)cc1. The lowest BCUT2D eigenvalue weighted by Gasteiger charge is -2.36. The Kier molecular flexibility index (Phi) is 15.8. The molecule has 1 aromatic heterocycles. The van der Waals surface area contributed by atoms with Crippen molar-refractivity contribution in [1.29, 1.82) is 0 Å². The van der Waals surface area contributed by atoms with Crippen molar-refractivity contribution in [3.63, 3.8) is 0 Å². The molecule has 2 aliphatic heterocycles. The molecular formula is C46H61F2N5O7. The molecule has 1 amide bonds. The van der Waals surface area contributed by atoms with Crippen molar-refractivity contribution in [3.8, 4) is 23.8 Å². The first kappa shape index (κ1) is 43.9. The van der Waals surface area contributed by atoms with Gasteiger partial charge in [-0.25, -0.2) is 8.78 Å². The zero-order valence-corrected chi connectivity index (χ0v) is 34.9. The number of halogens is 2. The van der Waals surface area contributed by atoms with Crippen LogP contribution in [0.3, 0.4) is 0 Å². The van der Waals surface area contributed by atoms with Crippen molar-refractivity contribution in [2.75, 3.05) is 66.0 Å². The summed E-state index contributed by atoms with van der Waals surface area (Å²) in [6, 6.07) is 18.8. The third kappa shape index (κ3) is 11.8. The molecule has 2 bridgehead atoms. The normalized spacial score (nSPS) is 24.1. The van der Waals surface area contributed by atoms with Gasteiger partial charge in [-0.2, -0.15) is 0 Å². The second-order valence-electron chi connectivity index (χ2n) is 16.5. The highest BCUT2D eigenvalue weighted by molar-refractivity contribution is 5.79. The minimum absolute atomic E-state index is 0.102. The van der Waals surface area contributed by atoms with Crippen molar-refractivity contribution < 1.29 is 42.0 Å². The molecule has 4 atom stereocenters. The van der Waals surface area contributed by atoms with Gasteiger partial charge >= 0.3 is 0 Å². The van der Waals surface area contributed by atoms with Crippen LogP contribution in [0.4, 0.5) is 8.78 Å². The van der Waals surface area contributed by atoms with Crippen molar-refractivity contribution in [2.45, 2.75) is 113 Å². The van der Waals surface area contributed by atoms with Crippen molar-refractivity contribution >= 4 is 5.91 Å². The van der Waals surface area contributed by atoms with Gasteiger partial charge in [0.15, 0.2) is 0 Å². The quantitative estimate of drug-likeness (QED) is 0.0760. The number of aromatic nitrogens is 3. The predicted molar refractivity (Wildman–Crippen MR) is 221 cm³/mol. The summed E-state index contributed by atoms with van der Waals surface area (Å²) in [7, 11) is 0. The van der Waals surface area contributed by atoms with Crippen LogP contribution in [-0.4, -0.2) is 116 Å². The lowest BCUT2D eigenvalue weighted by molar-refractivity contribution is -0.130. The molecule has 3 unspecified atom stereocenters. The van der Waals surface area contributed by atoms with Crippen LogP contribution in [0.15, 0.2) is 54.6 Å². The number of hydrogen-bond donors (Lipinski definition) is 1. The first-order chi connectivity index (χ1) is 29.3. The molecule has 2 saturated heterocycles. The number of carbonyl (C=O) groups excluding carboxylic acids is 1. The Labute approximate surface area is 353 Å². The molecule has 1 N–H and O–H groups in total. The van der Waals surface area contributed by atoms with Gasteiger partial charge in [-0.1, -0.05) is 36.3 Å². The number of alkyl halides is 2. The monoisotopic (exact) mass is 833 g/mol. The highest BCUT2D eigenvalue weighted by Crippen LogP contribution is 2.48. The molecule has 4 fully saturated rings. The van der Waals surface area contributed by atoms with Gasteiger partial charge in [0, 0.05) is 43.3 Å². The van der Waals surface area contributed by atoms with Crippen LogP contribution in [0.2, 0.25) is 0 Å². The molecule has 3 heterocycles. The number of fused-ring (bicyclic) bond motifs is 2. The molecule has 0 spiro atoms. The summed E-state index contributed by atoms with van der Waals surface area (Å²) in [5, 5.41) is 12.6. The molecule has 0 radical (unpaired) electrons. The van der Waals surface area contributed by atoms with Crippen LogP contribution in [-0.2, 0) is 23.7 Å². The maximum absolute atomic E-state index is 13.8. The third-order valence-electron chi connectivity index (χ3n) is 12.5. The smallest absolute Gasteiger partial charge is 0.248 e. The zero-order valence-electron chi connectivity index (χ0n) is 34.9. The van der Waals surface area contributed by atoms with E-state index >= 15 is 0 Å². The Balaban J connectivity index is 0.824. The van der Waals surface area contributed by atoms with Gasteiger partial charge < -0.3 is 38.3 Å². The van der Waals surface area contributed by atoms with Crippen LogP contribution >= 0.6 is 0 Å². The molecule has 14 heteroatoms. The maximum Gasteiger partial charge on any atom is 0.248 e. The number of terminal acetylenes is 1. The first-order valence-electron chi connectivity index (χ1n) is 21.8. The molecule has 2 aromatic carbocycles. The fourth-order valence-electron chi connectivity index (χ4n) is 9.33. The highest BCUT2D eigenvalue weighted by atomic mass is 19.3. The second kappa shape index (κ2) is 21.6. The van der Waals surface area contributed by atoms with Crippen LogP contribution in [0.1, 0.15) is 99.4 Å². The number of ether oxygens (including phenoxy) is 6. The largest absolute Gasteiger partial charge is 0.491 e. The number of carbonyl (C=O) groups is 1. The maximum atomic E-state index is 13.8. The highest BCUT2D eigenvalue weighted by Gasteiger charge is 2.49. The zero-order chi connectivity index (χ0) is 41.7. The van der Waals surface area contributed by atoms with Crippen LogP contribution in [0.5, 0.6) is 11.5 Å².